The molecule has 0 fully saturated rings. The monoisotopic (exact) mass is 201 g/mol. The minimum absolute atomic E-state index is 0. The molecule has 2 atom stereocenters. The summed E-state index contributed by atoms with van der Waals surface area (Å²) in [6, 6.07) is 0. The summed E-state index contributed by atoms with van der Waals surface area (Å²) in [5, 5.41) is 0. The first-order valence-electron chi connectivity index (χ1n) is 1.10. The van der Waals surface area contributed by atoms with E-state index in [-0.39, 0.29) is 16.8 Å². The maximum absolute atomic E-state index is 9.24. The second-order valence-electron chi connectivity index (χ2n) is 0.529. The molecule has 0 heterocycles. The van der Waals surface area contributed by atoms with E-state index in [4.69, 9.17) is 0 Å². The Morgan fingerprint density at radius 1 is 1.12 bits per heavy atom. The Hall–Kier alpha value is 0.586. The number of rotatable bonds is 2. The molecule has 0 rings (SSSR count). The van der Waals surface area contributed by atoms with Crippen LogP contribution in [-0.2, 0) is 30.2 Å². The van der Waals surface area contributed by atoms with Crippen molar-refractivity contribution in [2.45, 2.75) is 0 Å². The first kappa shape index (κ1) is 11.4. The average molecular weight is 201 g/mol. The van der Waals surface area contributed by atoms with E-state index in [0.29, 0.717) is 0 Å². The molecule has 0 aromatic rings. The fourth-order valence-electron chi connectivity index (χ4n) is 0.0544. The molecule has 0 amide bonds. The van der Waals surface area contributed by atoms with Gasteiger partial charge in [-0.05, 0) is 9.13 Å². The summed E-state index contributed by atoms with van der Waals surface area (Å²) in [5.41, 5.74) is 0. The maximum Gasteiger partial charge on any atom is 2.00 e. The molecule has 2 unspecified atom stereocenters. The van der Waals surface area contributed by atoms with Gasteiger partial charge in [-0.2, -0.15) is 0 Å². The Morgan fingerprint density at radius 2 is 1.38 bits per heavy atom. The van der Waals surface area contributed by atoms with Crippen molar-refractivity contribution >= 4 is 16.5 Å². The van der Waals surface area contributed by atoms with Crippen molar-refractivity contribution in [2.75, 3.05) is 0 Å². The molecule has 0 aliphatic heterocycles. The molecule has 0 bridgehead atoms. The molecule has 0 saturated carbocycles. The van der Waals surface area contributed by atoms with Crippen LogP contribution in [0.3, 0.4) is 0 Å². The van der Waals surface area contributed by atoms with Gasteiger partial charge in [0.15, 0.2) is 0 Å². The van der Waals surface area contributed by atoms with Crippen LogP contribution in [0.5, 0.6) is 0 Å². The molecule has 0 spiro atoms. The summed E-state index contributed by atoms with van der Waals surface area (Å²) in [6.07, 6.45) is 0. The standard InChI is InChI=1S/Co.O5P2/c;1-6(2)5-7(3)4/q+2;. The maximum atomic E-state index is 9.24. The Balaban J connectivity index is 0. The van der Waals surface area contributed by atoms with Crippen LogP contribution in [0.2, 0.25) is 0 Å². The fourth-order valence-corrected chi connectivity index (χ4v) is 0.490. The first-order valence-corrected chi connectivity index (χ1v) is 3.29. The molecule has 47 valence electrons. The van der Waals surface area contributed by atoms with Crippen LogP contribution in [0.1, 0.15) is 0 Å². The summed E-state index contributed by atoms with van der Waals surface area (Å²) in [5.74, 6) is 0. The zero-order valence-electron chi connectivity index (χ0n) is 3.27. The van der Waals surface area contributed by atoms with Gasteiger partial charge in [-0.3, -0.25) is 0 Å². The van der Waals surface area contributed by atoms with Gasteiger partial charge in [0.2, 0.25) is 0 Å². The zero-order valence-corrected chi connectivity index (χ0v) is 6.10. The molecule has 1 radical (unpaired) electrons. The molecule has 8 heteroatoms. The van der Waals surface area contributed by atoms with Gasteiger partial charge in [0.05, 0.1) is 0 Å². The van der Waals surface area contributed by atoms with Crippen molar-refractivity contribution < 1.29 is 40.0 Å². The van der Waals surface area contributed by atoms with Gasteiger partial charge in [0.25, 0.3) is 0 Å². The molecule has 5 nitrogen and oxygen atoms in total. The third-order valence-electron chi connectivity index (χ3n) is 0.133. The molecule has 0 aliphatic rings. The minimum atomic E-state index is -3.24. The molecular weight excluding hydrogens is 201 g/mol. The van der Waals surface area contributed by atoms with Gasteiger partial charge in [-0.25, -0.2) is 0 Å². The number of hydrogen-bond donors (Lipinski definition) is 0. The minimum Gasteiger partial charge on any atom is -0.563 e. The van der Waals surface area contributed by atoms with Crippen molar-refractivity contribution in [1.29, 1.82) is 0 Å². The average Bonchev–Trinajstić information content (AvgIpc) is 1.27. The largest absolute Gasteiger partial charge is 2.00 e. The van der Waals surface area contributed by atoms with Crippen molar-refractivity contribution in [3.05, 3.63) is 0 Å². The van der Waals surface area contributed by atoms with Crippen LogP contribution in [0.15, 0.2) is 0 Å². The van der Waals surface area contributed by atoms with Gasteiger partial charge >= 0.3 is 33.3 Å². The van der Waals surface area contributed by atoms with Gasteiger partial charge in [0.1, 0.15) is 4.31 Å². The van der Waals surface area contributed by atoms with Gasteiger partial charge in [-0.15, -0.1) is 0 Å². The molecule has 0 aromatic carbocycles. The quantitative estimate of drug-likeness (QED) is 0.536. The van der Waals surface area contributed by atoms with E-state index in [1.807, 2.05) is 0 Å². The smallest absolute Gasteiger partial charge is 0.563 e. The van der Waals surface area contributed by atoms with Crippen LogP contribution in [0.25, 0.3) is 0 Å². The molecule has 0 aromatic heterocycles. The summed E-state index contributed by atoms with van der Waals surface area (Å²) < 4.78 is 21.6. The van der Waals surface area contributed by atoms with Crippen LogP contribution in [-0.4, -0.2) is 0 Å². The van der Waals surface area contributed by atoms with E-state index in [1.165, 1.54) is 0 Å². The van der Waals surface area contributed by atoms with E-state index in [9.17, 15) is 18.9 Å². The molecular formula is CoO5P2+2. The van der Waals surface area contributed by atoms with E-state index in [0.717, 1.165) is 0 Å². The predicted octanol–water partition coefficient (Wildman–Crippen LogP) is -0.964. The van der Waals surface area contributed by atoms with Crippen LogP contribution in [0.4, 0.5) is 0 Å². The molecule has 0 N–H and O–H groups in total. The van der Waals surface area contributed by atoms with Crippen LogP contribution < -0.4 is 9.79 Å². The van der Waals surface area contributed by atoms with E-state index in [2.05, 4.69) is 4.31 Å². The third-order valence-corrected chi connectivity index (χ3v) is 1.20. The fraction of sp³-hybridized carbons (Fsp3) is 0. The van der Waals surface area contributed by atoms with Gasteiger partial charge in [0, 0.05) is 0 Å². The predicted molar refractivity (Wildman–Crippen MR) is 16.3 cm³/mol. The molecule has 0 aliphatic carbocycles. The Labute approximate surface area is 57.2 Å². The van der Waals surface area contributed by atoms with Gasteiger partial charge in [-0.1, -0.05) is 0 Å². The summed E-state index contributed by atoms with van der Waals surface area (Å²) in [6.45, 7) is 0. The second-order valence-corrected chi connectivity index (χ2v) is 2.08. The Bertz CT molecular complexity index is 86.6. The SMILES string of the molecule is O=[P+]([O-])O[P+](=O)[O-].[Co+2]. The normalized spacial score (nSPS) is 11.8. The van der Waals surface area contributed by atoms with Crippen LogP contribution in [0, 0.1) is 0 Å². The molecule has 8 heavy (non-hydrogen) atoms. The van der Waals surface area contributed by atoms with Crippen molar-refractivity contribution in [3.8, 4) is 0 Å². The van der Waals surface area contributed by atoms with E-state index < -0.39 is 16.5 Å². The zero-order chi connectivity index (χ0) is 5.86. The summed E-state index contributed by atoms with van der Waals surface area (Å²) in [7, 11) is -6.47. The Kier molecular flexibility index (Phi) is 8.14. The molecule has 0 saturated heterocycles. The third kappa shape index (κ3) is 9.77. The first-order chi connectivity index (χ1) is 3.13. The second kappa shape index (κ2) is 5.72. The summed E-state index contributed by atoms with van der Waals surface area (Å²) >= 11 is 0. The van der Waals surface area contributed by atoms with E-state index in [1.54, 1.807) is 0 Å². The van der Waals surface area contributed by atoms with E-state index >= 15 is 0 Å². The van der Waals surface area contributed by atoms with Gasteiger partial charge < -0.3 is 9.79 Å². The van der Waals surface area contributed by atoms with Crippen molar-refractivity contribution in [1.82, 2.24) is 0 Å². The van der Waals surface area contributed by atoms with Crippen molar-refractivity contribution in [3.63, 3.8) is 0 Å². The van der Waals surface area contributed by atoms with Crippen LogP contribution >= 0.6 is 16.5 Å². The Morgan fingerprint density at radius 3 is 1.38 bits per heavy atom. The summed E-state index contributed by atoms with van der Waals surface area (Å²) in [4.78, 5) is 18.5. The van der Waals surface area contributed by atoms with Crippen molar-refractivity contribution in [2.24, 2.45) is 0 Å². The number of hydrogen-bond acceptors (Lipinski definition) is 5. The topological polar surface area (TPSA) is 89.5 Å².